The summed E-state index contributed by atoms with van der Waals surface area (Å²) in [7, 11) is -3.76. The number of benzene rings is 2. The Morgan fingerprint density at radius 3 is 2.44 bits per heavy atom. The van der Waals surface area contributed by atoms with Crippen LogP contribution >= 0.6 is 11.3 Å². The summed E-state index contributed by atoms with van der Waals surface area (Å²) in [6.45, 7) is 5.73. The van der Waals surface area contributed by atoms with Crippen LogP contribution in [0.1, 0.15) is 24.5 Å². The van der Waals surface area contributed by atoms with Crippen molar-refractivity contribution >= 4 is 43.3 Å². The zero-order chi connectivity index (χ0) is 23.5. The van der Waals surface area contributed by atoms with E-state index in [0.717, 1.165) is 45.6 Å². The van der Waals surface area contributed by atoms with Gasteiger partial charge < -0.3 is 9.30 Å². The molecule has 2 aromatic carbocycles. The molecule has 32 heavy (non-hydrogen) atoms. The molecule has 3 rings (SSSR count). The van der Waals surface area contributed by atoms with Gasteiger partial charge >= 0.3 is 5.97 Å². The highest BCUT2D eigenvalue weighted by Gasteiger charge is 2.18. The van der Waals surface area contributed by atoms with Crippen molar-refractivity contribution in [2.45, 2.75) is 38.6 Å². The van der Waals surface area contributed by atoms with E-state index in [1.54, 1.807) is 11.5 Å². The molecule has 0 aliphatic heterocycles. The van der Waals surface area contributed by atoms with Gasteiger partial charge in [0.2, 0.25) is 5.91 Å². The lowest BCUT2D eigenvalue weighted by atomic mass is 10.1. The van der Waals surface area contributed by atoms with Crippen molar-refractivity contribution in [3.63, 3.8) is 0 Å². The first-order valence-electron chi connectivity index (χ1n) is 9.93. The fourth-order valence-corrected chi connectivity index (χ4v) is 5.40. The Morgan fingerprint density at radius 2 is 1.78 bits per heavy atom. The van der Waals surface area contributed by atoms with Crippen LogP contribution in [0.15, 0.2) is 46.3 Å². The largest absolute Gasteiger partial charge is 0.465 e. The van der Waals surface area contributed by atoms with Gasteiger partial charge in [0.05, 0.1) is 27.5 Å². The molecule has 0 fully saturated rings. The van der Waals surface area contributed by atoms with E-state index in [4.69, 9.17) is 4.74 Å². The number of hydrogen-bond acceptors (Lipinski definition) is 6. The van der Waals surface area contributed by atoms with Crippen molar-refractivity contribution in [1.29, 1.82) is 0 Å². The van der Waals surface area contributed by atoms with Gasteiger partial charge in [0.15, 0.2) is 14.6 Å². The number of carbonyl (C=O) groups excluding carboxylic acids is 2. The van der Waals surface area contributed by atoms with Crippen molar-refractivity contribution in [3.8, 4) is 0 Å². The van der Waals surface area contributed by atoms with Crippen LogP contribution in [-0.4, -0.2) is 37.2 Å². The molecule has 1 heterocycles. The van der Waals surface area contributed by atoms with Crippen LogP contribution in [0.3, 0.4) is 0 Å². The number of fused-ring (bicyclic) bond motifs is 1. The minimum Gasteiger partial charge on any atom is -0.465 e. The number of nitrogens with zero attached hydrogens (tertiary/aromatic N) is 2. The highest BCUT2D eigenvalue weighted by atomic mass is 32.2. The van der Waals surface area contributed by atoms with Crippen LogP contribution in [0.2, 0.25) is 0 Å². The number of sulfone groups is 1. The fourth-order valence-electron chi connectivity index (χ4n) is 3.04. The third kappa shape index (κ3) is 5.49. The molecule has 0 N–H and O–H groups in total. The van der Waals surface area contributed by atoms with Crippen LogP contribution in [0, 0.1) is 19.7 Å². The molecule has 10 heteroatoms. The number of thiazole rings is 1. The zero-order valence-corrected chi connectivity index (χ0v) is 19.6. The van der Waals surface area contributed by atoms with Gasteiger partial charge in [0.25, 0.3) is 0 Å². The monoisotopic (exact) mass is 478 g/mol. The molecule has 1 aromatic heterocycles. The van der Waals surface area contributed by atoms with Gasteiger partial charge in [0, 0.05) is 6.42 Å². The second-order valence-corrected chi connectivity index (χ2v) is 10.3. The predicted molar refractivity (Wildman–Crippen MR) is 120 cm³/mol. The van der Waals surface area contributed by atoms with E-state index < -0.39 is 33.3 Å². The number of hydrogen-bond donors (Lipinski definition) is 0. The molecule has 0 aliphatic carbocycles. The van der Waals surface area contributed by atoms with E-state index in [1.165, 1.54) is 11.3 Å². The molecule has 0 radical (unpaired) electrons. The Labute approximate surface area is 189 Å². The van der Waals surface area contributed by atoms with Crippen molar-refractivity contribution in [3.05, 3.63) is 58.1 Å². The van der Waals surface area contributed by atoms with Gasteiger partial charge in [-0.3, -0.25) is 9.59 Å². The van der Waals surface area contributed by atoms with E-state index in [2.05, 4.69) is 4.99 Å². The summed E-state index contributed by atoms with van der Waals surface area (Å²) >= 11 is 1.24. The van der Waals surface area contributed by atoms with Crippen molar-refractivity contribution < 1.29 is 27.1 Å². The number of aromatic nitrogens is 1. The summed E-state index contributed by atoms with van der Waals surface area (Å²) in [4.78, 5) is 28.9. The number of aryl methyl sites for hydroxylation is 2. The molecule has 0 atom stereocenters. The normalized spacial score (nSPS) is 12.3. The smallest absolute Gasteiger partial charge is 0.326 e. The molecule has 0 spiro atoms. The molecular weight excluding hydrogens is 455 g/mol. The Hall–Kier alpha value is -2.85. The molecule has 0 unspecified atom stereocenters. The quantitative estimate of drug-likeness (QED) is 0.384. The molecule has 3 aromatic rings. The third-order valence-corrected chi connectivity index (χ3v) is 7.64. The van der Waals surface area contributed by atoms with Crippen molar-refractivity contribution in [2.24, 2.45) is 4.99 Å². The summed E-state index contributed by atoms with van der Waals surface area (Å²) < 4.78 is 45.4. The molecule has 0 saturated carbocycles. The minimum absolute atomic E-state index is 0.0584. The summed E-state index contributed by atoms with van der Waals surface area (Å²) in [5.41, 5.74) is 2.83. The lowest BCUT2D eigenvalue weighted by Crippen LogP contribution is -2.23. The van der Waals surface area contributed by atoms with Crippen molar-refractivity contribution in [1.82, 2.24) is 4.57 Å². The van der Waals surface area contributed by atoms with E-state index in [1.807, 2.05) is 26.0 Å². The topological polar surface area (TPSA) is 94.8 Å². The average Bonchev–Trinajstić information content (AvgIpc) is 3.03. The highest BCUT2D eigenvalue weighted by molar-refractivity contribution is 7.91. The Morgan fingerprint density at radius 1 is 1.12 bits per heavy atom. The van der Waals surface area contributed by atoms with E-state index >= 15 is 0 Å². The summed E-state index contributed by atoms with van der Waals surface area (Å²) in [6.07, 6.45) is -0.342. The van der Waals surface area contributed by atoms with Gasteiger partial charge in [-0.15, -0.1) is 0 Å². The van der Waals surface area contributed by atoms with E-state index in [9.17, 15) is 22.4 Å². The standard InChI is InChI=1S/C22H23FN2O5S2/c1-4-30-21(27)13-25-18-11-14(2)15(3)12-19(18)31-22(25)24-20(26)9-10-32(28,29)17-7-5-16(23)6-8-17/h5-8,11-12H,4,9-10,13H2,1-3H3. The first-order valence-corrected chi connectivity index (χ1v) is 12.4. The molecular formula is C22H23FN2O5S2. The summed E-state index contributed by atoms with van der Waals surface area (Å²) in [6, 6.07) is 8.31. The molecule has 0 aliphatic rings. The van der Waals surface area contributed by atoms with E-state index in [-0.39, 0.29) is 24.5 Å². The molecule has 170 valence electrons. The van der Waals surface area contributed by atoms with Gasteiger partial charge in [-0.25, -0.2) is 12.8 Å². The molecule has 0 bridgehead atoms. The minimum atomic E-state index is -3.76. The zero-order valence-electron chi connectivity index (χ0n) is 17.9. The van der Waals surface area contributed by atoms with Gasteiger partial charge in [0.1, 0.15) is 12.4 Å². The number of ether oxygens (including phenoxy) is 1. The number of halogens is 1. The van der Waals surface area contributed by atoms with Gasteiger partial charge in [-0.1, -0.05) is 11.3 Å². The number of esters is 1. The highest BCUT2D eigenvalue weighted by Crippen LogP contribution is 2.22. The van der Waals surface area contributed by atoms with Crippen LogP contribution in [0.5, 0.6) is 0 Å². The van der Waals surface area contributed by atoms with Crippen LogP contribution in [0.25, 0.3) is 10.2 Å². The molecule has 1 amide bonds. The summed E-state index contributed by atoms with van der Waals surface area (Å²) in [5.74, 6) is -2.09. The second-order valence-electron chi connectivity index (χ2n) is 7.21. The van der Waals surface area contributed by atoms with Crippen LogP contribution < -0.4 is 4.80 Å². The van der Waals surface area contributed by atoms with Crippen LogP contribution in [0.4, 0.5) is 4.39 Å². The summed E-state index contributed by atoms with van der Waals surface area (Å²) in [5, 5.41) is 0. The number of carbonyl (C=O) groups is 2. The maximum atomic E-state index is 13.0. The van der Waals surface area contributed by atoms with Gasteiger partial charge in [-0.2, -0.15) is 4.99 Å². The Kier molecular flexibility index (Phi) is 7.25. The Balaban J connectivity index is 1.91. The Bertz CT molecular complexity index is 1340. The van der Waals surface area contributed by atoms with Crippen molar-refractivity contribution in [2.75, 3.05) is 12.4 Å². The maximum Gasteiger partial charge on any atom is 0.326 e. The molecule has 7 nitrogen and oxygen atoms in total. The lowest BCUT2D eigenvalue weighted by molar-refractivity contribution is -0.143. The lowest BCUT2D eigenvalue weighted by Gasteiger charge is -2.06. The van der Waals surface area contributed by atoms with Gasteiger partial charge in [-0.05, 0) is 68.3 Å². The van der Waals surface area contributed by atoms with Crippen LogP contribution in [-0.2, 0) is 30.7 Å². The average molecular weight is 479 g/mol. The second kappa shape index (κ2) is 9.74. The SMILES string of the molecule is CCOC(=O)Cn1c(=NC(=O)CCS(=O)(=O)c2ccc(F)cc2)sc2cc(C)c(C)cc21. The third-order valence-electron chi connectivity index (χ3n) is 4.87. The first kappa shape index (κ1) is 23.8. The fraction of sp³-hybridized carbons (Fsp3) is 0.318. The number of rotatable bonds is 7. The van der Waals surface area contributed by atoms with E-state index in [0.29, 0.717) is 4.80 Å². The first-order chi connectivity index (χ1) is 15.1. The maximum absolute atomic E-state index is 13.0. The predicted octanol–water partition coefficient (Wildman–Crippen LogP) is 3.31. The molecule has 0 saturated heterocycles. The number of amides is 1.